The molecular formula is C29H37Cl2N3O4. The van der Waals surface area contributed by atoms with Gasteiger partial charge in [0.05, 0.1) is 0 Å². The Morgan fingerprint density at radius 1 is 0.947 bits per heavy atom. The number of hydrogen-bond acceptors (Lipinski definition) is 6. The SMILES string of the molecule is CC(C)[C@@H](CN1CCN(c2cccc(O)c2)[C@@H](C)C1)NC(=O)c1ccc(Oc2ccc(O)cc2)cc1.Cl.Cl. The second-order valence-corrected chi connectivity index (χ2v) is 9.77. The topological polar surface area (TPSA) is 85.3 Å². The van der Waals surface area contributed by atoms with Crippen molar-refractivity contribution in [3.8, 4) is 23.0 Å². The highest BCUT2D eigenvalue weighted by molar-refractivity contribution is 5.94. The Morgan fingerprint density at radius 2 is 1.58 bits per heavy atom. The van der Waals surface area contributed by atoms with Crippen LogP contribution in [0, 0.1) is 5.92 Å². The summed E-state index contributed by atoms with van der Waals surface area (Å²) in [6.45, 7) is 9.88. The van der Waals surface area contributed by atoms with Gasteiger partial charge in [-0.25, -0.2) is 0 Å². The van der Waals surface area contributed by atoms with Crippen molar-refractivity contribution in [2.24, 2.45) is 5.92 Å². The van der Waals surface area contributed by atoms with Gasteiger partial charge >= 0.3 is 0 Å². The molecule has 0 saturated carbocycles. The Balaban J connectivity index is 0.00000253. The molecule has 1 amide bonds. The minimum absolute atomic E-state index is 0. The molecule has 1 saturated heterocycles. The van der Waals surface area contributed by atoms with E-state index in [1.165, 1.54) is 0 Å². The number of anilines is 1. The summed E-state index contributed by atoms with van der Waals surface area (Å²) in [5.74, 6) is 1.88. The van der Waals surface area contributed by atoms with Gasteiger partial charge in [0.25, 0.3) is 5.91 Å². The summed E-state index contributed by atoms with van der Waals surface area (Å²) >= 11 is 0. The summed E-state index contributed by atoms with van der Waals surface area (Å²) in [7, 11) is 0. The minimum atomic E-state index is -0.101. The fraction of sp³-hybridized carbons (Fsp3) is 0.345. The smallest absolute Gasteiger partial charge is 0.251 e. The van der Waals surface area contributed by atoms with Gasteiger partial charge in [-0.05, 0) is 73.5 Å². The van der Waals surface area contributed by atoms with Crippen LogP contribution < -0.4 is 15.0 Å². The first kappa shape index (κ1) is 31.1. The monoisotopic (exact) mass is 561 g/mol. The van der Waals surface area contributed by atoms with E-state index in [0.29, 0.717) is 23.1 Å². The fourth-order valence-corrected chi connectivity index (χ4v) is 4.53. The Labute approximate surface area is 237 Å². The third-order valence-electron chi connectivity index (χ3n) is 6.64. The van der Waals surface area contributed by atoms with Crippen LogP contribution in [0.2, 0.25) is 0 Å². The molecule has 0 radical (unpaired) electrons. The predicted octanol–water partition coefficient (Wildman–Crippen LogP) is 5.70. The van der Waals surface area contributed by atoms with E-state index in [1.807, 2.05) is 18.2 Å². The van der Waals surface area contributed by atoms with Gasteiger partial charge in [0.15, 0.2) is 0 Å². The molecule has 2 atom stereocenters. The van der Waals surface area contributed by atoms with Crippen molar-refractivity contribution < 1.29 is 19.7 Å². The van der Waals surface area contributed by atoms with Crippen LogP contribution in [0.1, 0.15) is 31.1 Å². The van der Waals surface area contributed by atoms with Crippen LogP contribution in [0.4, 0.5) is 5.69 Å². The zero-order valence-electron chi connectivity index (χ0n) is 21.9. The Hall–Kier alpha value is -3.13. The van der Waals surface area contributed by atoms with Crippen molar-refractivity contribution in [2.45, 2.75) is 32.9 Å². The standard InChI is InChI=1S/C29H35N3O4.2ClH/c1-20(2)28(19-31-15-16-32(21(3)18-31)23-5-4-6-25(34)17-23)30-29(35)22-7-11-26(12-8-22)36-27-13-9-24(33)10-14-27;;/h4-14,17,20-21,28,33-34H,15-16,18-19H2,1-3H3,(H,30,35);2*1H/t21-,28+;;/m0../s1. The molecule has 4 rings (SSSR count). The molecule has 206 valence electrons. The lowest BCUT2D eigenvalue weighted by molar-refractivity contribution is 0.0903. The van der Waals surface area contributed by atoms with Crippen LogP contribution in [0.5, 0.6) is 23.0 Å². The largest absolute Gasteiger partial charge is 0.508 e. The molecule has 38 heavy (non-hydrogen) atoms. The third-order valence-corrected chi connectivity index (χ3v) is 6.64. The number of ether oxygens (including phenoxy) is 1. The van der Waals surface area contributed by atoms with Crippen molar-refractivity contribution in [3.05, 3.63) is 78.4 Å². The number of benzene rings is 3. The van der Waals surface area contributed by atoms with Gasteiger partial charge < -0.3 is 25.2 Å². The highest BCUT2D eigenvalue weighted by Crippen LogP contribution is 2.25. The summed E-state index contributed by atoms with van der Waals surface area (Å²) in [5, 5.41) is 22.5. The summed E-state index contributed by atoms with van der Waals surface area (Å²) in [4.78, 5) is 17.7. The Morgan fingerprint density at radius 3 is 2.16 bits per heavy atom. The number of carbonyl (C=O) groups is 1. The lowest BCUT2D eigenvalue weighted by Gasteiger charge is -2.42. The van der Waals surface area contributed by atoms with Crippen LogP contribution in [0.15, 0.2) is 72.8 Å². The molecule has 3 aromatic carbocycles. The highest BCUT2D eigenvalue weighted by Gasteiger charge is 2.27. The first-order chi connectivity index (χ1) is 17.3. The van der Waals surface area contributed by atoms with Gasteiger partial charge in [0.2, 0.25) is 0 Å². The molecule has 0 aliphatic carbocycles. The highest BCUT2D eigenvalue weighted by atomic mass is 35.5. The molecule has 0 unspecified atom stereocenters. The van der Waals surface area contributed by atoms with Crippen LogP contribution >= 0.6 is 24.8 Å². The molecule has 1 fully saturated rings. The molecule has 0 bridgehead atoms. The average Bonchev–Trinajstić information content (AvgIpc) is 2.85. The zero-order valence-corrected chi connectivity index (χ0v) is 23.5. The number of aromatic hydroxyl groups is 2. The number of hydrogen-bond donors (Lipinski definition) is 3. The van der Waals surface area contributed by atoms with E-state index in [4.69, 9.17) is 4.74 Å². The second-order valence-electron chi connectivity index (χ2n) is 9.77. The molecule has 7 nitrogen and oxygen atoms in total. The van der Waals surface area contributed by atoms with Gasteiger partial charge in [-0.2, -0.15) is 0 Å². The van der Waals surface area contributed by atoms with E-state index < -0.39 is 0 Å². The minimum Gasteiger partial charge on any atom is -0.508 e. The van der Waals surface area contributed by atoms with E-state index in [2.05, 4.69) is 35.9 Å². The van der Waals surface area contributed by atoms with Crippen molar-refractivity contribution in [2.75, 3.05) is 31.1 Å². The number of rotatable bonds is 8. The van der Waals surface area contributed by atoms with E-state index in [-0.39, 0.29) is 54.2 Å². The molecule has 1 aliphatic heterocycles. The maximum Gasteiger partial charge on any atom is 0.251 e. The van der Waals surface area contributed by atoms with Crippen molar-refractivity contribution in [1.82, 2.24) is 10.2 Å². The average molecular weight is 563 g/mol. The quantitative estimate of drug-likeness (QED) is 0.327. The van der Waals surface area contributed by atoms with Crippen molar-refractivity contribution >= 4 is 36.4 Å². The van der Waals surface area contributed by atoms with Gasteiger partial charge in [-0.1, -0.05) is 19.9 Å². The molecular weight excluding hydrogens is 525 g/mol. The van der Waals surface area contributed by atoms with Crippen LogP contribution in [-0.4, -0.2) is 59.3 Å². The number of carbonyl (C=O) groups excluding carboxylic acids is 1. The lowest BCUT2D eigenvalue weighted by atomic mass is 10.0. The van der Waals surface area contributed by atoms with Crippen LogP contribution in [-0.2, 0) is 0 Å². The van der Waals surface area contributed by atoms with Gasteiger partial charge in [0.1, 0.15) is 23.0 Å². The number of nitrogens with one attached hydrogen (secondary N) is 1. The maximum atomic E-state index is 13.0. The zero-order chi connectivity index (χ0) is 25.7. The summed E-state index contributed by atoms with van der Waals surface area (Å²) < 4.78 is 5.78. The lowest BCUT2D eigenvalue weighted by Crippen LogP contribution is -2.56. The van der Waals surface area contributed by atoms with Crippen molar-refractivity contribution in [3.63, 3.8) is 0 Å². The number of amides is 1. The predicted molar refractivity (Wildman–Crippen MR) is 157 cm³/mol. The van der Waals surface area contributed by atoms with E-state index >= 15 is 0 Å². The number of phenols is 2. The Bertz CT molecular complexity index is 1160. The van der Waals surface area contributed by atoms with Crippen molar-refractivity contribution in [1.29, 1.82) is 0 Å². The van der Waals surface area contributed by atoms with E-state index in [9.17, 15) is 15.0 Å². The molecule has 0 spiro atoms. The fourth-order valence-electron chi connectivity index (χ4n) is 4.53. The van der Waals surface area contributed by atoms with E-state index in [1.54, 1.807) is 54.6 Å². The van der Waals surface area contributed by atoms with Crippen LogP contribution in [0.25, 0.3) is 0 Å². The van der Waals surface area contributed by atoms with Gasteiger partial charge in [-0.15, -0.1) is 24.8 Å². The Kier molecular flexibility index (Phi) is 11.6. The molecule has 3 aromatic rings. The second kappa shape index (κ2) is 14.1. The first-order valence-corrected chi connectivity index (χ1v) is 12.4. The number of piperazine rings is 1. The van der Waals surface area contributed by atoms with Crippen LogP contribution in [0.3, 0.4) is 0 Å². The molecule has 3 N–H and O–H groups in total. The third kappa shape index (κ3) is 8.18. The summed E-state index contributed by atoms with van der Waals surface area (Å²) in [6, 6.07) is 21.3. The number of nitrogens with zero attached hydrogens (tertiary/aromatic N) is 2. The molecule has 0 aromatic heterocycles. The summed E-state index contributed by atoms with van der Waals surface area (Å²) in [6.07, 6.45) is 0. The first-order valence-electron chi connectivity index (χ1n) is 12.4. The maximum absolute atomic E-state index is 13.0. The number of phenolic OH excluding ortho intramolecular Hbond substituents is 2. The molecule has 1 aliphatic rings. The normalized spacial score (nSPS) is 16.2. The number of halogens is 2. The van der Waals surface area contributed by atoms with E-state index in [0.717, 1.165) is 31.9 Å². The summed E-state index contributed by atoms with van der Waals surface area (Å²) in [5.41, 5.74) is 1.62. The molecule has 1 heterocycles. The van der Waals surface area contributed by atoms with Gasteiger partial charge in [0, 0.05) is 55.6 Å². The van der Waals surface area contributed by atoms with Gasteiger partial charge in [-0.3, -0.25) is 9.69 Å². The molecule has 9 heteroatoms.